The van der Waals surface area contributed by atoms with Crippen LogP contribution in [0.3, 0.4) is 0 Å². The van der Waals surface area contributed by atoms with Gasteiger partial charge in [-0.15, -0.1) is 0 Å². The molecular weight excluding hydrogens is 298 g/mol. The zero-order valence-electron chi connectivity index (χ0n) is 11.9. The second-order valence-electron chi connectivity index (χ2n) is 4.75. The van der Waals surface area contributed by atoms with Crippen LogP contribution in [0.2, 0.25) is 0 Å². The van der Waals surface area contributed by atoms with Crippen molar-refractivity contribution in [1.82, 2.24) is 0 Å². The zero-order chi connectivity index (χ0) is 15.5. The molecule has 1 aromatic carbocycles. The van der Waals surface area contributed by atoms with Gasteiger partial charge < -0.3 is 4.42 Å². The highest BCUT2D eigenvalue weighted by molar-refractivity contribution is 8.18. The van der Waals surface area contributed by atoms with Gasteiger partial charge in [0.05, 0.1) is 16.9 Å². The van der Waals surface area contributed by atoms with E-state index in [0.29, 0.717) is 16.4 Å². The molecule has 0 spiro atoms. The number of carbonyl (C=O) groups is 2. The summed E-state index contributed by atoms with van der Waals surface area (Å²) in [5.74, 6) is 0.388. The number of carbonyl (C=O) groups excluding carboxylic acids is 2. The Bertz CT molecular complexity index is 775. The molecule has 1 aromatic heterocycles. The van der Waals surface area contributed by atoms with Gasteiger partial charge in [-0.1, -0.05) is 18.2 Å². The van der Waals surface area contributed by atoms with E-state index < -0.39 is 0 Å². The van der Waals surface area contributed by atoms with E-state index in [9.17, 15) is 9.59 Å². The molecule has 2 aromatic rings. The van der Waals surface area contributed by atoms with Crippen molar-refractivity contribution in [2.45, 2.75) is 6.92 Å². The van der Waals surface area contributed by atoms with Crippen LogP contribution in [-0.2, 0) is 4.79 Å². The number of nitrogens with zero attached hydrogens (tertiary/aromatic N) is 1. The number of furan rings is 1. The average molecular weight is 311 g/mol. The Kier molecular flexibility index (Phi) is 3.98. The molecule has 0 unspecified atom stereocenters. The van der Waals surface area contributed by atoms with Gasteiger partial charge in [0, 0.05) is 0 Å². The molecule has 0 aliphatic carbocycles. The lowest BCUT2D eigenvalue weighted by Crippen LogP contribution is -2.27. The van der Waals surface area contributed by atoms with Crippen molar-refractivity contribution < 1.29 is 14.0 Å². The molecule has 3 rings (SSSR count). The van der Waals surface area contributed by atoms with Crippen molar-refractivity contribution in [2.75, 3.05) is 4.90 Å². The van der Waals surface area contributed by atoms with Gasteiger partial charge in [-0.2, -0.15) is 0 Å². The summed E-state index contributed by atoms with van der Waals surface area (Å²) in [6, 6.07) is 10.9. The van der Waals surface area contributed by atoms with Crippen LogP contribution in [0.25, 0.3) is 6.08 Å². The molecule has 1 fully saturated rings. The summed E-state index contributed by atoms with van der Waals surface area (Å²) in [5, 5.41) is -0.284. The first-order chi connectivity index (χ1) is 10.6. The molecule has 0 saturated carbocycles. The monoisotopic (exact) mass is 311 g/mol. The highest BCUT2D eigenvalue weighted by Gasteiger charge is 2.35. The van der Waals surface area contributed by atoms with Crippen molar-refractivity contribution in [2.24, 2.45) is 0 Å². The number of rotatable bonds is 3. The topological polar surface area (TPSA) is 50.5 Å². The maximum atomic E-state index is 12.4. The van der Waals surface area contributed by atoms with Gasteiger partial charge in [-0.05, 0) is 60.7 Å². The van der Waals surface area contributed by atoms with Gasteiger partial charge in [-0.25, -0.2) is 4.90 Å². The number of anilines is 1. The normalized spacial score (nSPS) is 17.1. The van der Waals surface area contributed by atoms with Gasteiger partial charge >= 0.3 is 0 Å². The SMILES string of the molecule is Cc1cccc(N2C(=O)S/C(=C/C=C/c3ccco3)C2=O)c1. The lowest BCUT2D eigenvalue weighted by Gasteiger charge is -2.12. The number of allylic oxidation sites excluding steroid dienone is 2. The van der Waals surface area contributed by atoms with E-state index in [1.807, 2.05) is 31.2 Å². The van der Waals surface area contributed by atoms with Crippen LogP contribution < -0.4 is 4.90 Å². The van der Waals surface area contributed by atoms with Gasteiger partial charge in [0.1, 0.15) is 5.76 Å². The first kappa shape index (κ1) is 14.4. The molecule has 110 valence electrons. The second kappa shape index (κ2) is 6.07. The highest BCUT2D eigenvalue weighted by atomic mass is 32.2. The second-order valence-corrected chi connectivity index (χ2v) is 5.75. The van der Waals surface area contributed by atoms with Gasteiger partial charge in [-0.3, -0.25) is 9.59 Å². The molecule has 1 saturated heterocycles. The number of benzene rings is 1. The zero-order valence-corrected chi connectivity index (χ0v) is 12.7. The molecule has 0 bridgehead atoms. The maximum absolute atomic E-state index is 12.4. The fraction of sp³-hybridized carbons (Fsp3) is 0.0588. The molecule has 2 heterocycles. The molecule has 0 atom stereocenters. The minimum atomic E-state index is -0.301. The van der Waals surface area contributed by atoms with Gasteiger partial charge in [0.2, 0.25) is 0 Å². The van der Waals surface area contributed by atoms with Crippen molar-refractivity contribution in [3.63, 3.8) is 0 Å². The van der Waals surface area contributed by atoms with Crippen molar-refractivity contribution >= 4 is 34.7 Å². The molecular formula is C17H13NO3S. The number of imide groups is 1. The fourth-order valence-electron chi connectivity index (χ4n) is 2.09. The number of hydrogen-bond acceptors (Lipinski definition) is 4. The van der Waals surface area contributed by atoms with E-state index in [1.165, 1.54) is 4.90 Å². The lowest BCUT2D eigenvalue weighted by atomic mass is 10.2. The molecule has 2 amide bonds. The molecule has 1 aliphatic heterocycles. The quantitative estimate of drug-likeness (QED) is 0.789. The van der Waals surface area contributed by atoms with Crippen LogP contribution in [-0.4, -0.2) is 11.1 Å². The largest absolute Gasteiger partial charge is 0.465 e. The third-order valence-corrected chi connectivity index (χ3v) is 3.99. The smallest absolute Gasteiger partial charge is 0.298 e. The number of amides is 2. The lowest BCUT2D eigenvalue weighted by molar-refractivity contribution is -0.113. The molecule has 0 N–H and O–H groups in total. The minimum absolute atomic E-state index is 0.284. The summed E-state index contributed by atoms with van der Waals surface area (Å²) >= 11 is 0.936. The summed E-state index contributed by atoms with van der Waals surface area (Å²) in [6.07, 6.45) is 6.64. The Morgan fingerprint density at radius 1 is 1.18 bits per heavy atom. The van der Waals surface area contributed by atoms with Gasteiger partial charge in [0.25, 0.3) is 11.1 Å². The third kappa shape index (κ3) is 2.89. The standard InChI is InChI=1S/C17H13NO3S/c1-12-5-2-6-13(11-12)18-16(19)15(22-17(18)20)9-3-7-14-8-4-10-21-14/h2-11H,1H3/b7-3+,15-9+. The van der Waals surface area contributed by atoms with Crippen LogP contribution in [0, 0.1) is 6.92 Å². The predicted molar refractivity (Wildman–Crippen MR) is 87.5 cm³/mol. The summed E-state index contributed by atoms with van der Waals surface area (Å²) in [5.41, 5.74) is 1.60. The Labute approximate surface area is 132 Å². The Morgan fingerprint density at radius 3 is 2.77 bits per heavy atom. The van der Waals surface area contributed by atoms with Crippen LogP contribution in [0.5, 0.6) is 0 Å². The van der Waals surface area contributed by atoms with Crippen LogP contribution >= 0.6 is 11.8 Å². The average Bonchev–Trinajstić information content (AvgIpc) is 3.08. The molecule has 22 heavy (non-hydrogen) atoms. The van der Waals surface area contributed by atoms with Crippen LogP contribution in [0.1, 0.15) is 11.3 Å². The van der Waals surface area contributed by atoms with E-state index in [1.54, 1.807) is 36.6 Å². The van der Waals surface area contributed by atoms with E-state index in [0.717, 1.165) is 17.3 Å². The number of aryl methyl sites for hydroxylation is 1. The van der Waals surface area contributed by atoms with Crippen molar-refractivity contribution in [1.29, 1.82) is 0 Å². The molecule has 4 nitrogen and oxygen atoms in total. The van der Waals surface area contributed by atoms with Gasteiger partial charge in [0.15, 0.2) is 0 Å². The van der Waals surface area contributed by atoms with E-state index in [2.05, 4.69) is 0 Å². The first-order valence-electron chi connectivity index (χ1n) is 6.70. The number of thioether (sulfide) groups is 1. The maximum Gasteiger partial charge on any atom is 0.298 e. The predicted octanol–water partition coefficient (Wildman–Crippen LogP) is 4.39. The minimum Gasteiger partial charge on any atom is -0.465 e. The fourth-order valence-corrected chi connectivity index (χ4v) is 2.88. The summed E-state index contributed by atoms with van der Waals surface area (Å²) < 4.78 is 5.16. The van der Waals surface area contributed by atoms with Crippen LogP contribution in [0.15, 0.2) is 64.1 Å². The number of hydrogen-bond donors (Lipinski definition) is 0. The highest BCUT2D eigenvalue weighted by Crippen LogP contribution is 2.34. The Hall–Kier alpha value is -2.53. The summed E-state index contributed by atoms with van der Waals surface area (Å²) in [6.45, 7) is 1.92. The Morgan fingerprint density at radius 2 is 2.05 bits per heavy atom. The molecule has 5 heteroatoms. The summed E-state index contributed by atoms with van der Waals surface area (Å²) in [4.78, 5) is 26.1. The molecule has 0 radical (unpaired) electrons. The van der Waals surface area contributed by atoms with E-state index in [-0.39, 0.29) is 11.1 Å². The van der Waals surface area contributed by atoms with Crippen molar-refractivity contribution in [3.8, 4) is 0 Å². The first-order valence-corrected chi connectivity index (χ1v) is 7.51. The third-order valence-electron chi connectivity index (χ3n) is 3.10. The molecule has 1 aliphatic rings. The van der Waals surface area contributed by atoms with Crippen LogP contribution in [0.4, 0.5) is 10.5 Å². The Balaban J connectivity index is 1.82. The van der Waals surface area contributed by atoms with E-state index >= 15 is 0 Å². The summed E-state index contributed by atoms with van der Waals surface area (Å²) in [7, 11) is 0. The van der Waals surface area contributed by atoms with E-state index in [4.69, 9.17) is 4.42 Å². The van der Waals surface area contributed by atoms with Crippen molar-refractivity contribution in [3.05, 3.63) is 71.0 Å².